The molecule has 2 aromatic rings. The third-order valence-electron chi connectivity index (χ3n) is 4.59. The fourth-order valence-electron chi connectivity index (χ4n) is 3.09. The molecule has 2 N–H and O–H groups in total. The molecule has 0 bridgehead atoms. The van der Waals surface area contributed by atoms with E-state index in [1.807, 2.05) is 0 Å². The van der Waals surface area contributed by atoms with Crippen molar-refractivity contribution >= 4 is 23.7 Å². The van der Waals surface area contributed by atoms with Crippen LogP contribution in [-0.4, -0.2) is 38.5 Å². The maximum atomic E-state index is 12.0. The molecule has 0 spiro atoms. The number of amides is 3. The first-order valence-corrected chi connectivity index (χ1v) is 9.69. The van der Waals surface area contributed by atoms with E-state index in [4.69, 9.17) is 4.42 Å². The zero-order chi connectivity index (χ0) is 18.5. The second-order valence-electron chi connectivity index (χ2n) is 6.52. The van der Waals surface area contributed by atoms with E-state index >= 15 is 0 Å². The van der Waals surface area contributed by atoms with E-state index in [0.717, 1.165) is 19.3 Å². The van der Waals surface area contributed by atoms with Crippen molar-refractivity contribution in [1.82, 2.24) is 25.4 Å². The van der Waals surface area contributed by atoms with Crippen molar-refractivity contribution < 1.29 is 14.0 Å². The fraction of sp³-hybridized carbons (Fsp3) is 0.529. The van der Waals surface area contributed by atoms with Gasteiger partial charge in [-0.25, -0.2) is 4.79 Å². The number of hydrogen-bond donors (Lipinski definition) is 2. The highest BCUT2D eigenvalue weighted by Crippen LogP contribution is 2.24. The quantitative estimate of drug-likeness (QED) is 0.777. The molecule has 140 valence electrons. The molecule has 3 amide bonds. The van der Waals surface area contributed by atoms with Crippen LogP contribution in [0.1, 0.15) is 32.6 Å². The van der Waals surface area contributed by atoms with Crippen LogP contribution in [0.5, 0.6) is 0 Å². The summed E-state index contributed by atoms with van der Waals surface area (Å²) >= 11 is 1.22. The van der Waals surface area contributed by atoms with E-state index in [0.29, 0.717) is 22.7 Å². The Morgan fingerprint density at radius 1 is 1.35 bits per heavy atom. The molecular weight excluding hydrogens is 354 g/mol. The van der Waals surface area contributed by atoms with Gasteiger partial charge in [-0.15, -0.1) is 10.2 Å². The highest BCUT2D eigenvalue weighted by atomic mass is 32.2. The smallest absolute Gasteiger partial charge is 0.321 e. The van der Waals surface area contributed by atoms with Crippen LogP contribution >= 0.6 is 11.8 Å². The lowest BCUT2D eigenvalue weighted by atomic mass is 9.86. The van der Waals surface area contributed by atoms with E-state index < -0.39 is 6.03 Å². The summed E-state index contributed by atoms with van der Waals surface area (Å²) < 4.78 is 7.06. The van der Waals surface area contributed by atoms with Crippen LogP contribution in [-0.2, 0) is 11.8 Å². The Kier molecular flexibility index (Phi) is 5.97. The first-order valence-electron chi connectivity index (χ1n) is 8.71. The molecule has 0 radical (unpaired) electrons. The second kappa shape index (κ2) is 8.39. The van der Waals surface area contributed by atoms with Crippen molar-refractivity contribution in [3.63, 3.8) is 0 Å². The highest BCUT2D eigenvalue weighted by Gasteiger charge is 2.23. The van der Waals surface area contributed by atoms with E-state index in [2.05, 4.69) is 27.8 Å². The first-order chi connectivity index (χ1) is 12.5. The molecule has 1 fully saturated rings. The number of carbonyl (C=O) groups is 2. The van der Waals surface area contributed by atoms with Crippen LogP contribution in [0.25, 0.3) is 11.6 Å². The third kappa shape index (κ3) is 4.46. The SMILES string of the molecule is C[C@H]1CCCC[C@@H]1NC(=O)NC(=O)CSc1nnc(-c2ccco2)n1C. The number of furan rings is 1. The number of carbonyl (C=O) groups excluding carboxylic acids is 2. The van der Waals surface area contributed by atoms with Gasteiger partial charge in [-0.1, -0.05) is 31.5 Å². The van der Waals surface area contributed by atoms with Gasteiger partial charge in [0.15, 0.2) is 16.7 Å². The number of hydrogen-bond acceptors (Lipinski definition) is 6. The van der Waals surface area contributed by atoms with Crippen LogP contribution in [0.4, 0.5) is 4.79 Å². The second-order valence-corrected chi connectivity index (χ2v) is 7.46. The van der Waals surface area contributed by atoms with Gasteiger partial charge in [-0.05, 0) is 30.9 Å². The van der Waals surface area contributed by atoms with Crippen molar-refractivity contribution in [2.24, 2.45) is 13.0 Å². The van der Waals surface area contributed by atoms with Crippen LogP contribution in [0.3, 0.4) is 0 Å². The number of urea groups is 1. The van der Waals surface area contributed by atoms with Crippen molar-refractivity contribution in [1.29, 1.82) is 0 Å². The Balaban J connectivity index is 1.47. The first kappa shape index (κ1) is 18.5. The molecule has 2 atom stereocenters. The molecule has 8 nitrogen and oxygen atoms in total. The Labute approximate surface area is 156 Å². The van der Waals surface area contributed by atoms with E-state index in [9.17, 15) is 9.59 Å². The zero-order valence-corrected chi connectivity index (χ0v) is 15.7. The van der Waals surface area contributed by atoms with E-state index in [1.165, 1.54) is 18.2 Å². The van der Waals surface area contributed by atoms with Crippen LogP contribution in [0.2, 0.25) is 0 Å². The molecule has 3 rings (SSSR count). The summed E-state index contributed by atoms with van der Waals surface area (Å²) in [5.74, 6) is 1.35. The molecule has 2 aromatic heterocycles. The Morgan fingerprint density at radius 2 is 2.15 bits per heavy atom. The number of aromatic nitrogens is 3. The third-order valence-corrected chi connectivity index (χ3v) is 5.61. The molecule has 0 saturated heterocycles. The van der Waals surface area contributed by atoms with Gasteiger partial charge in [0.05, 0.1) is 12.0 Å². The predicted octanol–water partition coefficient (Wildman–Crippen LogP) is 2.57. The molecular formula is C17H23N5O3S. The topological polar surface area (TPSA) is 102 Å². The normalized spacial score (nSPS) is 19.9. The Bertz CT molecular complexity index is 759. The summed E-state index contributed by atoms with van der Waals surface area (Å²) in [7, 11) is 1.80. The van der Waals surface area contributed by atoms with Gasteiger partial charge in [0.1, 0.15) is 0 Å². The van der Waals surface area contributed by atoms with Crippen molar-refractivity contribution in [2.75, 3.05) is 5.75 Å². The van der Waals surface area contributed by atoms with Crippen LogP contribution in [0, 0.1) is 5.92 Å². The maximum Gasteiger partial charge on any atom is 0.321 e. The average Bonchev–Trinajstić information content (AvgIpc) is 3.25. The molecule has 2 heterocycles. The van der Waals surface area contributed by atoms with Crippen molar-refractivity contribution in [2.45, 2.75) is 43.8 Å². The minimum absolute atomic E-state index is 0.0811. The Hall–Kier alpha value is -2.29. The molecule has 0 aliphatic heterocycles. The summed E-state index contributed by atoms with van der Waals surface area (Å²) in [6.45, 7) is 2.13. The lowest BCUT2D eigenvalue weighted by Crippen LogP contribution is -2.48. The van der Waals surface area contributed by atoms with Gasteiger partial charge in [-0.2, -0.15) is 0 Å². The standard InChI is InChI=1S/C17H23N5O3S/c1-11-6-3-4-7-12(11)18-16(24)19-14(23)10-26-17-21-20-15(22(17)2)13-8-5-9-25-13/h5,8-9,11-12H,3-4,6-7,10H2,1-2H3,(H2,18,19,23,24)/t11-,12-/m0/s1. The fourth-order valence-corrected chi connectivity index (χ4v) is 3.80. The molecule has 1 saturated carbocycles. The molecule has 26 heavy (non-hydrogen) atoms. The molecule has 1 aliphatic rings. The predicted molar refractivity (Wildman–Crippen MR) is 97.5 cm³/mol. The number of nitrogens with zero attached hydrogens (tertiary/aromatic N) is 3. The van der Waals surface area contributed by atoms with Crippen LogP contribution in [0.15, 0.2) is 28.0 Å². The molecule has 0 unspecified atom stereocenters. The summed E-state index contributed by atoms with van der Waals surface area (Å²) in [4.78, 5) is 24.0. The van der Waals surface area contributed by atoms with Gasteiger partial charge < -0.3 is 14.3 Å². The van der Waals surface area contributed by atoms with Gasteiger partial charge >= 0.3 is 6.03 Å². The Morgan fingerprint density at radius 3 is 2.88 bits per heavy atom. The highest BCUT2D eigenvalue weighted by molar-refractivity contribution is 7.99. The van der Waals surface area contributed by atoms with Crippen LogP contribution < -0.4 is 10.6 Å². The average molecular weight is 377 g/mol. The maximum absolute atomic E-state index is 12.0. The van der Waals surface area contributed by atoms with Crippen molar-refractivity contribution in [3.05, 3.63) is 18.4 Å². The molecule has 0 aromatic carbocycles. The number of nitrogens with one attached hydrogen (secondary N) is 2. The lowest BCUT2D eigenvalue weighted by Gasteiger charge is -2.29. The number of thioether (sulfide) groups is 1. The zero-order valence-electron chi connectivity index (χ0n) is 14.9. The summed E-state index contributed by atoms with van der Waals surface area (Å²) in [5.41, 5.74) is 0. The summed E-state index contributed by atoms with van der Waals surface area (Å²) in [6.07, 6.45) is 5.96. The monoisotopic (exact) mass is 377 g/mol. The van der Waals surface area contributed by atoms with E-state index in [-0.39, 0.29) is 17.7 Å². The minimum Gasteiger partial charge on any atom is -0.461 e. The summed E-state index contributed by atoms with van der Waals surface area (Å²) in [5, 5.41) is 14.0. The molecule has 9 heteroatoms. The summed E-state index contributed by atoms with van der Waals surface area (Å²) in [6, 6.07) is 3.28. The van der Waals surface area contributed by atoms with Gasteiger partial charge in [0, 0.05) is 13.1 Å². The van der Waals surface area contributed by atoms with Gasteiger partial charge in [-0.3, -0.25) is 10.1 Å². The van der Waals surface area contributed by atoms with E-state index in [1.54, 1.807) is 30.0 Å². The van der Waals surface area contributed by atoms with Gasteiger partial charge in [0.25, 0.3) is 0 Å². The largest absolute Gasteiger partial charge is 0.461 e. The number of rotatable bonds is 5. The van der Waals surface area contributed by atoms with Gasteiger partial charge in [0.2, 0.25) is 5.91 Å². The lowest BCUT2D eigenvalue weighted by molar-refractivity contribution is -0.117. The minimum atomic E-state index is -0.427. The molecule has 1 aliphatic carbocycles. The van der Waals surface area contributed by atoms with Crippen molar-refractivity contribution in [3.8, 4) is 11.6 Å². The number of imide groups is 1.